The van der Waals surface area contributed by atoms with E-state index in [0.29, 0.717) is 5.56 Å². The number of fused-ring (bicyclic) bond motifs is 1. The van der Waals surface area contributed by atoms with Crippen LogP contribution in [0.25, 0.3) is 11.0 Å². The second kappa shape index (κ2) is 5.48. The van der Waals surface area contributed by atoms with E-state index in [-0.39, 0.29) is 0 Å². The molecule has 4 rings (SSSR count). The van der Waals surface area contributed by atoms with Crippen molar-refractivity contribution >= 4 is 22.4 Å². The predicted octanol–water partition coefficient (Wildman–Crippen LogP) is 2.03. The summed E-state index contributed by atoms with van der Waals surface area (Å²) >= 11 is 0. The average molecular weight is 316 g/mol. The molecule has 2 aromatic heterocycles. The minimum absolute atomic E-state index is 0.605. The van der Waals surface area contributed by atoms with E-state index in [2.05, 4.69) is 26.6 Å². The van der Waals surface area contributed by atoms with Gasteiger partial charge >= 0.3 is 0 Å². The first-order valence-corrected chi connectivity index (χ1v) is 7.21. The van der Waals surface area contributed by atoms with Crippen molar-refractivity contribution in [3.8, 4) is 6.07 Å². The van der Waals surface area contributed by atoms with E-state index in [1.165, 1.54) is 0 Å². The van der Waals surface area contributed by atoms with Gasteiger partial charge in [0.2, 0.25) is 0 Å². The molecule has 24 heavy (non-hydrogen) atoms. The Labute approximate surface area is 137 Å². The number of anilines is 2. The summed E-state index contributed by atoms with van der Waals surface area (Å²) < 4.78 is 3.49. The topological polar surface area (TPSA) is 88.5 Å². The molecule has 0 atom stereocenters. The van der Waals surface area contributed by atoms with Gasteiger partial charge in [0.15, 0.2) is 0 Å². The fourth-order valence-corrected chi connectivity index (χ4v) is 2.54. The number of hydrogen-bond donors (Lipinski definition) is 0. The van der Waals surface area contributed by atoms with Gasteiger partial charge in [0.05, 0.1) is 28.5 Å². The van der Waals surface area contributed by atoms with E-state index in [4.69, 9.17) is 5.26 Å². The summed E-state index contributed by atoms with van der Waals surface area (Å²) in [6.45, 7) is 0. The smallest absolute Gasteiger partial charge is 0.139 e. The Morgan fingerprint density at radius 3 is 2.42 bits per heavy atom. The number of rotatable bonds is 3. The van der Waals surface area contributed by atoms with Crippen molar-refractivity contribution in [1.29, 1.82) is 5.26 Å². The second-order valence-electron chi connectivity index (χ2n) is 5.20. The van der Waals surface area contributed by atoms with E-state index in [1.54, 1.807) is 34.1 Å². The van der Waals surface area contributed by atoms with Gasteiger partial charge in [0.1, 0.15) is 18.2 Å². The third-order valence-electron chi connectivity index (χ3n) is 3.72. The Hall–Kier alpha value is -3.73. The first-order chi connectivity index (χ1) is 11.8. The lowest BCUT2D eigenvalue weighted by Gasteiger charge is -2.25. The molecular weight excluding hydrogens is 304 g/mol. The SMILES string of the molecule is Cn1nnc2ccc(N(c3ccc(C#N)cc3)n3cnnc3)cc21. The van der Waals surface area contributed by atoms with Gasteiger partial charge in [-0.1, -0.05) is 5.21 Å². The molecule has 4 aromatic rings. The van der Waals surface area contributed by atoms with Gasteiger partial charge in [-0.15, -0.1) is 15.3 Å². The van der Waals surface area contributed by atoms with Crippen LogP contribution in [0.4, 0.5) is 11.4 Å². The number of nitrogens with zero attached hydrogens (tertiary/aromatic N) is 8. The highest BCUT2D eigenvalue weighted by molar-refractivity contribution is 5.80. The van der Waals surface area contributed by atoms with Gasteiger partial charge in [-0.25, -0.2) is 14.4 Å². The van der Waals surface area contributed by atoms with E-state index >= 15 is 0 Å². The third-order valence-corrected chi connectivity index (χ3v) is 3.72. The van der Waals surface area contributed by atoms with E-state index in [1.807, 2.05) is 42.4 Å². The van der Waals surface area contributed by atoms with Crippen LogP contribution in [0.2, 0.25) is 0 Å². The molecule has 0 unspecified atom stereocenters. The largest absolute Gasteiger partial charge is 0.248 e. The Bertz CT molecular complexity index is 1020. The number of benzene rings is 2. The summed E-state index contributed by atoms with van der Waals surface area (Å²) in [6.07, 6.45) is 3.23. The predicted molar refractivity (Wildman–Crippen MR) is 87.2 cm³/mol. The van der Waals surface area contributed by atoms with Gasteiger partial charge < -0.3 is 0 Å². The number of hydrogen-bond acceptors (Lipinski definition) is 6. The normalized spacial score (nSPS) is 10.7. The van der Waals surface area contributed by atoms with E-state index in [0.717, 1.165) is 22.4 Å². The standard InChI is InChI=1S/C16H12N8/c1-22-16-8-14(6-7-15(16)20-21-22)24(23-10-18-19-11-23)13-4-2-12(9-17)3-5-13/h2-8,10-11H,1H3. The van der Waals surface area contributed by atoms with Crippen LogP contribution in [0.15, 0.2) is 55.1 Å². The zero-order valence-electron chi connectivity index (χ0n) is 12.8. The molecule has 2 aromatic carbocycles. The Kier molecular flexibility index (Phi) is 3.17. The van der Waals surface area contributed by atoms with Crippen molar-refractivity contribution in [1.82, 2.24) is 29.9 Å². The van der Waals surface area contributed by atoms with Crippen molar-refractivity contribution < 1.29 is 0 Å². The minimum atomic E-state index is 0.605. The highest BCUT2D eigenvalue weighted by atomic mass is 15.6. The maximum atomic E-state index is 8.99. The molecular formula is C16H12N8. The summed E-state index contributed by atoms with van der Waals surface area (Å²) in [5.74, 6) is 0. The number of aromatic nitrogens is 6. The van der Waals surface area contributed by atoms with Crippen LogP contribution in [0, 0.1) is 11.3 Å². The summed E-state index contributed by atoms with van der Waals surface area (Å²) in [5, 5.41) is 26.8. The molecule has 0 N–H and O–H groups in total. The number of nitriles is 1. The summed E-state index contributed by atoms with van der Waals surface area (Å²) in [7, 11) is 1.85. The van der Waals surface area contributed by atoms with Crippen molar-refractivity contribution in [3.05, 3.63) is 60.7 Å². The molecule has 2 heterocycles. The lowest BCUT2D eigenvalue weighted by atomic mass is 10.2. The molecule has 116 valence electrons. The fourth-order valence-electron chi connectivity index (χ4n) is 2.54. The van der Waals surface area contributed by atoms with Crippen molar-refractivity contribution in [3.63, 3.8) is 0 Å². The molecule has 0 aliphatic carbocycles. The molecule has 0 aliphatic heterocycles. The van der Waals surface area contributed by atoms with Crippen molar-refractivity contribution in [2.45, 2.75) is 0 Å². The van der Waals surface area contributed by atoms with Crippen molar-refractivity contribution in [2.24, 2.45) is 7.05 Å². The zero-order valence-corrected chi connectivity index (χ0v) is 12.8. The molecule has 8 nitrogen and oxygen atoms in total. The van der Waals surface area contributed by atoms with Crippen LogP contribution < -0.4 is 5.01 Å². The summed E-state index contributed by atoms with van der Waals surface area (Å²) in [5.41, 5.74) is 4.12. The Balaban J connectivity index is 1.88. The fraction of sp³-hybridized carbons (Fsp3) is 0.0625. The van der Waals surface area contributed by atoms with Crippen LogP contribution in [-0.4, -0.2) is 29.9 Å². The van der Waals surface area contributed by atoms with Crippen LogP contribution in [0.1, 0.15) is 5.56 Å². The molecule has 0 bridgehead atoms. The molecule has 0 amide bonds. The third kappa shape index (κ3) is 2.24. The molecule has 0 saturated heterocycles. The van der Waals surface area contributed by atoms with Gasteiger partial charge in [-0.2, -0.15) is 5.26 Å². The van der Waals surface area contributed by atoms with Crippen molar-refractivity contribution in [2.75, 3.05) is 5.01 Å². The molecule has 0 fully saturated rings. The molecule has 0 radical (unpaired) electrons. The van der Waals surface area contributed by atoms with Crippen LogP contribution >= 0.6 is 0 Å². The molecule has 0 spiro atoms. The maximum absolute atomic E-state index is 8.99. The molecule has 8 heteroatoms. The van der Waals surface area contributed by atoms with Crippen LogP contribution in [0.5, 0.6) is 0 Å². The zero-order chi connectivity index (χ0) is 16.5. The summed E-state index contributed by atoms with van der Waals surface area (Å²) in [6, 6.07) is 15.3. The van der Waals surface area contributed by atoms with Gasteiger partial charge in [-0.3, -0.25) is 0 Å². The number of aryl methyl sites for hydroxylation is 1. The molecule has 0 aliphatic rings. The van der Waals surface area contributed by atoms with E-state index in [9.17, 15) is 0 Å². The first-order valence-electron chi connectivity index (χ1n) is 7.21. The van der Waals surface area contributed by atoms with Crippen LogP contribution in [0.3, 0.4) is 0 Å². The van der Waals surface area contributed by atoms with Gasteiger partial charge in [-0.05, 0) is 42.5 Å². The maximum Gasteiger partial charge on any atom is 0.139 e. The monoisotopic (exact) mass is 316 g/mol. The minimum Gasteiger partial charge on any atom is -0.248 e. The summed E-state index contributed by atoms with van der Waals surface area (Å²) in [4.78, 5) is 0. The lowest BCUT2D eigenvalue weighted by Crippen LogP contribution is -2.22. The van der Waals surface area contributed by atoms with Gasteiger partial charge in [0.25, 0.3) is 0 Å². The molecule has 0 saturated carbocycles. The van der Waals surface area contributed by atoms with Gasteiger partial charge in [0, 0.05) is 7.05 Å². The highest BCUT2D eigenvalue weighted by Gasteiger charge is 2.14. The Morgan fingerprint density at radius 1 is 1.00 bits per heavy atom. The average Bonchev–Trinajstić information content (AvgIpc) is 3.27. The van der Waals surface area contributed by atoms with E-state index < -0.39 is 0 Å². The van der Waals surface area contributed by atoms with Crippen LogP contribution in [-0.2, 0) is 7.05 Å². The quantitative estimate of drug-likeness (QED) is 0.574. The first kappa shape index (κ1) is 13.9. The Morgan fingerprint density at radius 2 is 1.71 bits per heavy atom. The second-order valence-corrected chi connectivity index (χ2v) is 5.20. The lowest BCUT2D eigenvalue weighted by molar-refractivity contribution is 0.736. The highest BCUT2D eigenvalue weighted by Crippen LogP contribution is 2.28.